The van der Waals surface area contributed by atoms with Crippen LogP contribution in [-0.4, -0.2) is 9.55 Å². The van der Waals surface area contributed by atoms with Gasteiger partial charge in [0.1, 0.15) is 17.3 Å². The molecule has 0 saturated heterocycles. The first-order chi connectivity index (χ1) is 26.2. The van der Waals surface area contributed by atoms with E-state index in [4.69, 9.17) is 9.72 Å². The zero-order chi connectivity index (χ0) is 37.0. The van der Waals surface area contributed by atoms with Crippen molar-refractivity contribution in [2.75, 3.05) is 9.80 Å². The maximum absolute atomic E-state index is 7.05. The molecule has 0 unspecified atom stereocenters. The number of rotatable bonds is 7. The van der Waals surface area contributed by atoms with Crippen LogP contribution in [0, 0.1) is 18.8 Å². The molecule has 6 aromatic carbocycles. The normalized spacial score (nSPS) is 12.9. The topological polar surface area (TPSA) is 33.5 Å². The summed E-state index contributed by atoms with van der Waals surface area (Å²) in [6.45, 7) is 13.4. The molecule has 5 nitrogen and oxygen atoms in total. The van der Waals surface area contributed by atoms with Gasteiger partial charge in [-0.25, -0.2) is 4.98 Å². The summed E-state index contributed by atoms with van der Waals surface area (Å²) in [5, 5.41) is 2.35. The second kappa shape index (κ2) is 14.2. The summed E-state index contributed by atoms with van der Waals surface area (Å²) in [7, 11) is 0. The molecule has 0 N–H and O–H groups in total. The first-order valence-corrected chi connectivity index (χ1v) is 18.5. The van der Waals surface area contributed by atoms with E-state index in [1.165, 1.54) is 16.5 Å². The first-order valence-electron chi connectivity index (χ1n) is 18.5. The van der Waals surface area contributed by atoms with Crippen LogP contribution in [0.1, 0.15) is 51.3 Å². The third kappa shape index (κ3) is 6.41. The molecule has 8 aromatic rings. The fourth-order valence-electron chi connectivity index (χ4n) is 7.63. The number of fused-ring (bicyclic) bond motifs is 4. The van der Waals surface area contributed by atoms with Gasteiger partial charge in [0.25, 0.3) is 0 Å². The number of nitrogens with zero attached hydrogens (tertiary/aromatic N) is 4. The quantitative estimate of drug-likeness (QED) is 0.149. The number of hydrogen-bond acceptors (Lipinski definition) is 4. The minimum atomic E-state index is -0.433. The average molecular weight is 897 g/mol. The molecule has 1 aliphatic heterocycles. The fourth-order valence-corrected chi connectivity index (χ4v) is 7.63. The Balaban J connectivity index is 0.00000427. The Hall–Kier alpha value is -5.64. The molecule has 2 aromatic heterocycles. The summed E-state index contributed by atoms with van der Waals surface area (Å²) in [6.07, 6.45) is 1.89. The molecule has 0 amide bonds. The van der Waals surface area contributed by atoms with E-state index in [1.807, 2.05) is 42.6 Å². The van der Waals surface area contributed by atoms with Crippen molar-refractivity contribution in [1.29, 1.82) is 0 Å². The Morgan fingerprint density at radius 1 is 0.600 bits per heavy atom. The fraction of sp³-hybridized carbons (Fsp3) is 0.143. The molecule has 0 aliphatic carbocycles. The van der Waals surface area contributed by atoms with Gasteiger partial charge in [0.05, 0.1) is 11.9 Å². The van der Waals surface area contributed by atoms with E-state index in [0.717, 1.165) is 56.3 Å². The molecule has 1 aliphatic rings. The zero-order valence-corrected chi connectivity index (χ0v) is 33.8. The van der Waals surface area contributed by atoms with Crippen molar-refractivity contribution in [3.05, 3.63) is 187 Å². The standard InChI is InChI=1S/C49H41N4O.Pt/c1-48(2,3)35-28-29-41-38(30-35)37-22-12-13-23-40(37)53(41)47-31-39(49(4,5)34-18-8-6-9-19-34)46(32-50-47)54-45-27-17-16-26-44(45)52-33-51(36-20-10-7-11-21-36)42-24-14-15-25-43(42)52;/h6-20,22,24-33H,1-5H3;/q-3;. The minimum absolute atomic E-state index is 0. The predicted octanol–water partition coefficient (Wildman–Crippen LogP) is 12.6. The van der Waals surface area contributed by atoms with E-state index in [2.05, 4.69) is 177 Å². The smallest absolute Gasteiger partial charge is 0.150 e. The Kier molecular flexibility index (Phi) is 9.39. The van der Waals surface area contributed by atoms with Crippen molar-refractivity contribution in [1.82, 2.24) is 9.55 Å². The van der Waals surface area contributed by atoms with Crippen LogP contribution in [-0.2, 0) is 31.9 Å². The molecular weight excluding hydrogens is 856 g/mol. The van der Waals surface area contributed by atoms with Crippen LogP contribution in [0.4, 0.5) is 22.7 Å². The third-order valence-corrected chi connectivity index (χ3v) is 10.6. The molecule has 9 rings (SSSR count). The third-order valence-electron chi connectivity index (χ3n) is 10.6. The second-order valence-corrected chi connectivity index (χ2v) is 15.4. The van der Waals surface area contributed by atoms with Crippen molar-refractivity contribution in [2.45, 2.75) is 45.4 Å². The average Bonchev–Trinajstić information content (AvgIpc) is 3.75. The molecule has 0 bridgehead atoms. The van der Waals surface area contributed by atoms with Crippen LogP contribution in [0.25, 0.3) is 27.6 Å². The summed E-state index contributed by atoms with van der Waals surface area (Å²) in [5.74, 6) is 2.24. The summed E-state index contributed by atoms with van der Waals surface area (Å²) in [4.78, 5) is 9.51. The maximum atomic E-state index is 7.05. The van der Waals surface area contributed by atoms with Gasteiger partial charge in [0.15, 0.2) is 0 Å². The largest absolute Gasteiger partial charge is 0.493 e. The number of anilines is 4. The second-order valence-electron chi connectivity index (χ2n) is 15.4. The van der Waals surface area contributed by atoms with Crippen LogP contribution >= 0.6 is 0 Å². The van der Waals surface area contributed by atoms with Gasteiger partial charge in [-0.1, -0.05) is 107 Å². The molecule has 55 heavy (non-hydrogen) atoms. The van der Waals surface area contributed by atoms with Crippen LogP contribution in [0.3, 0.4) is 0 Å². The van der Waals surface area contributed by atoms with E-state index >= 15 is 0 Å². The van der Waals surface area contributed by atoms with Crippen molar-refractivity contribution in [3.63, 3.8) is 0 Å². The summed E-state index contributed by atoms with van der Waals surface area (Å²) < 4.78 is 9.29. The molecule has 3 heterocycles. The van der Waals surface area contributed by atoms with Crippen molar-refractivity contribution in [2.24, 2.45) is 0 Å². The monoisotopic (exact) mass is 896 g/mol. The Bertz CT molecular complexity index is 2640. The van der Waals surface area contributed by atoms with Gasteiger partial charge < -0.3 is 19.1 Å². The van der Waals surface area contributed by atoms with Crippen LogP contribution < -0.4 is 14.5 Å². The maximum Gasteiger partial charge on any atom is 0.150 e. The Morgan fingerprint density at radius 2 is 1.29 bits per heavy atom. The minimum Gasteiger partial charge on any atom is -0.493 e. The van der Waals surface area contributed by atoms with Gasteiger partial charge in [0, 0.05) is 48.9 Å². The van der Waals surface area contributed by atoms with E-state index in [9.17, 15) is 0 Å². The summed E-state index contributed by atoms with van der Waals surface area (Å²) in [5.41, 5.74) is 9.20. The van der Waals surface area contributed by atoms with Gasteiger partial charge >= 0.3 is 0 Å². The predicted molar refractivity (Wildman–Crippen MR) is 221 cm³/mol. The summed E-state index contributed by atoms with van der Waals surface area (Å²) >= 11 is 0. The molecule has 0 atom stereocenters. The van der Waals surface area contributed by atoms with Gasteiger partial charge in [-0.3, -0.25) is 0 Å². The van der Waals surface area contributed by atoms with Crippen LogP contribution in [0.15, 0.2) is 152 Å². The number of hydrogen-bond donors (Lipinski definition) is 0. The number of para-hydroxylation sites is 6. The van der Waals surface area contributed by atoms with E-state index in [0.29, 0.717) is 5.75 Å². The molecule has 0 fully saturated rings. The Morgan fingerprint density at radius 3 is 2.04 bits per heavy atom. The Labute approximate surface area is 338 Å². The van der Waals surface area contributed by atoms with Crippen molar-refractivity contribution < 1.29 is 25.8 Å². The molecule has 276 valence electrons. The molecule has 0 saturated carbocycles. The number of pyridine rings is 1. The molecular formula is C49H41N4OPt-3. The number of aromatic nitrogens is 2. The van der Waals surface area contributed by atoms with Crippen LogP contribution in [0.5, 0.6) is 11.5 Å². The van der Waals surface area contributed by atoms with Gasteiger partial charge in [-0.05, 0) is 58.3 Å². The van der Waals surface area contributed by atoms with E-state index in [-0.39, 0.29) is 26.5 Å². The zero-order valence-electron chi connectivity index (χ0n) is 31.5. The van der Waals surface area contributed by atoms with Crippen molar-refractivity contribution >= 4 is 44.6 Å². The van der Waals surface area contributed by atoms with Crippen LogP contribution in [0.2, 0.25) is 0 Å². The SMILES string of the molecule is CC(C)(C)c1ccc2c(c1)c1ccc[c-]c1n2-c1cc(C(C)(C)c2ccccc2)c(Oc2ccccc2N2[CH-]N(c3[c-]cccc3)c3ccccc32)cn1.[Pt]. The molecule has 0 radical (unpaired) electrons. The number of ether oxygens (including phenoxy) is 1. The number of benzene rings is 6. The van der Waals surface area contributed by atoms with Gasteiger partial charge in [-0.2, -0.15) is 54.6 Å². The summed E-state index contributed by atoms with van der Waals surface area (Å²) in [6, 6.07) is 57.5. The first kappa shape index (κ1) is 36.3. The van der Waals surface area contributed by atoms with E-state index < -0.39 is 5.41 Å². The van der Waals surface area contributed by atoms with Crippen molar-refractivity contribution in [3.8, 4) is 17.3 Å². The van der Waals surface area contributed by atoms with Gasteiger partial charge in [0.2, 0.25) is 0 Å². The van der Waals surface area contributed by atoms with Gasteiger partial charge in [-0.15, -0.1) is 17.7 Å². The van der Waals surface area contributed by atoms with E-state index in [1.54, 1.807) is 0 Å². The molecule has 6 heteroatoms. The molecule has 0 spiro atoms.